The lowest BCUT2D eigenvalue weighted by Crippen LogP contribution is -2.29. The maximum Gasteiger partial charge on any atom is 0.258 e. The maximum atomic E-state index is 11.3. The Hall–Kier alpha value is -1.68. The predicted molar refractivity (Wildman–Crippen MR) is 64.4 cm³/mol. The fourth-order valence-electron chi connectivity index (χ4n) is 1.00. The van der Waals surface area contributed by atoms with Crippen LogP contribution in [0.15, 0.2) is 35.9 Å². The van der Waals surface area contributed by atoms with Gasteiger partial charge in [-0.05, 0) is 12.1 Å². The first kappa shape index (κ1) is 12.4. The van der Waals surface area contributed by atoms with Crippen LogP contribution in [0.5, 0.6) is 5.75 Å². The van der Waals surface area contributed by atoms with Gasteiger partial charge in [0.2, 0.25) is 0 Å². The van der Waals surface area contributed by atoms with Gasteiger partial charge in [-0.1, -0.05) is 30.3 Å². The molecule has 0 spiro atoms. The summed E-state index contributed by atoms with van der Waals surface area (Å²) >= 11 is 5.49. The van der Waals surface area contributed by atoms with Crippen LogP contribution in [-0.4, -0.2) is 19.1 Å². The first-order valence-corrected chi connectivity index (χ1v) is 5.04. The molecule has 0 unspecified atom stereocenters. The van der Waals surface area contributed by atoms with Gasteiger partial charge >= 0.3 is 0 Å². The second-order valence-corrected chi connectivity index (χ2v) is 3.66. The van der Waals surface area contributed by atoms with E-state index in [1.54, 1.807) is 24.3 Å². The van der Waals surface area contributed by atoms with Crippen molar-refractivity contribution in [3.8, 4) is 5.75 Å². The number of rotatable bonds is 5. The molecule has 0 saturated carbocycles. The molecule has 3 N–H and O–H groups in total. The van der Waals surface area contributed by atoms with Crippen LogP contribution < -0.4 is 15.8 Å². The van der Waals surface area contributed by atoms with Gasteiger partial charge in [-0.2, -0.15) is 0 Å². The lowest BCUT2D eigenvalue weighted by atomic mass is 10.3. The van der Waals surface area contributed by atoms with Gasteiger partial charge in [0.15, 0.2) is 6.61 Å². The maximum absolute atomic E-state index is 11.3. The number of nitrogens with one attached hydrogen (secondary N) is 1. The lowest BCUT2D eigenvalue weighted by Gasteiger charge is -2.08. The van der Waals surface area contributed by atoms with Crippen LogP contribution in [0.3, 0.4) is 0 Å². The van der Waals surface area contributed by atoms with Gasteiger partial charge < -0.3 is 15.8 Å². The average Bonchev–Trinajstić information content (AvgIpc) is 2.25. The van der Waals surface area contributed by atoms with Crippen molar-refractivity contribution < 1.29 is 9.53 Å². The number of anilines is 1. The summed E-state index contributed by atoms with van der Waals surface area (Å²) in [6.07, 6.45) is 0. The fraction of sp³-hybridized carbons (Fsp3) is 0.182. The normalized spacial score (nSPS) is 9.56. The highest BCUT2D eigenvalue weighted by Gasteiger charge is 2.04. The van der Waals surface area contributed by atoms with Crippen molar-refractivity contribution in [2.75, 3.05) is 18.9 Å². The zero-order chi connectivity index (χ0) is 12.0. The third-order valence-electron chi connectivity index (χ3n) is 1.76. The Morgan fingerprint density at radius 3 is 2.81 bits per heavy atom. The second kappa shape index (κ2) is 6.02. The van der Waals surface area contributed by atoms with Gasteiger partial charge in [0, 0.05) is 5.03 Å². The topological polar surface area (TPSA) is 64.3 Å². The minimum Gasteiger partial charge on any atom is -0.482 e. The van der Waals surface area contributed by atoms with Crippen LogP contribution >= 0.6 is 11.6 Å². The van der Waals surface area contributed by atoms with E-state index in [-0.39, 0.29) is 19.1 Å². The third-order valence-corrected chi connectivity index (χ3v) is 1.89. The molecule has 1 rings (SSSR count). The van der Waals surface area contributed by atoms with Crippen molar-refractivity contribution in [3.63, 3.8) is 0 Å². The third kappa shape index (κ3) is 4.23. The number of hydrogen-bond acceptors (Lipinski definition) is 3. The molecule has 0 aliphatic rings. The van der Waals surface area contributed by atoms with Gasteiger partial charge in [0.1, 0.15) is 5.75 Å². The molecule has 0 atom stereocenters. The zero-order valence-electron chi connectivity index (χ0n) is 8.70. The number of carbonyl (C=O) groups is 1. The first-order valence-electron chi connectivity index (χ1n) is 4.67. The van der Waals surface area contributed by atoms with Crippen molar-refractivity contribution in [1.82, 2.24) is 5.32 Å². The van der Waals surface area contributed by atoms with Crippen LogP contribution in [0.2, 0.25) is 0 Å². The van der Waals surface area contributed by atoms with E-state index in [0.717, 1.165) is 0 Å². The minimum atomic E-state index is -0.273. The van der Waals surface area contributed by atoms with Crippen LogP contribution in [0, 0.1) is 0 Å². The van der Waals surface area contributed by atoms with Crippen LogP contribution in [0.1, 0.15) is 0 Å². The van der Waals surface area contributed by atoms with E-state index in [4.69, 9.17) is 22.1 Å². The summed E-state index contributed by atoms with van der Waals surface area (Å²) in [5.74, 6) is 0.215. The number of halogens is 1. The minimum absolute atomic E-state index is 0.0988. The molecule has 0 heterocycles. The second-order valence-electron chi connectivity index (χ2n) is 3.12. The van der Waals surface area contributed by atoms with E-state index < -0.39 is 0 Å². The molecule has 0 radical (unpaired) electrons. The monoisotopic (exact) mass is 240 g/mol. The number of ether oxygens (including phenoxy) is 1. The van der Waals surface area contributed by atoms with Crippen molar-refractivity contribution in [1.29, 1.82) is 0 Å². The molecule has 4 nitrogen and oxygen atoms in total. The standard InChI is InChI=1S/C11H13ClN2O2/c1-8(12)6-14-11(15)7-16-10-5-3-2-4-9(10)13/h2-5H,1,6-7,13H2,(H,14,15). The van der Waals surface area contributed by atoms with E-state index in [0.29, 0.717) is 16.5 Å². The summed E-state index contributed by atoms with van der Waals surface area (Å²) in [6.45, 7) is 3.58. The highest BCUT2D eigenvalue weighted by atomic mass is 35.5. The number of hydrogen-bond donors (Lipinski definition) is 2. The highest BCUT2D eigenvalue weighted by Crippen LogP contribution is 2.19. The average molecular weight is 241 g/mol. The fourth-order valence-corrected chi connectivity index (χ4v) is 1.07. The van der Waals surface area contributed by atoms with Crippen LogP contribution in [0.25, 0.3) is 0 Å². The Balaban J connectivity index is 2.37. The number of para-hydroxylation sites is 2. The summed E-state index contributed by atoms with van der Waals surface area (Å²) < 4.78 is 5.22. The smallest absolute Gasteiger partial charge is 0.258 e. The molecule has 86 valence electrons. The molecule has 0 saturated heterocycles. The molecule has 0 aliphatic heterocycles. The molecule has 1 aromatic rings. The van der Waals surface area contributed by atoms with E-state index in [1.165, 1.54) is 0 Å². The van der Waals surface area contributed by atoms with Gasteiger partial charge in [0.25, 0.3) is 5.91 Å². The summed E-state index contributed by atoms with van der Waals surface area (Å²) in [5, 5.41) is 2.90. The largest absolute Gasteiger partial charge is 0.482 e. The molecule has 0 bridgehead atoms. The molecule has 16 heavy (non-hydrogen) atoms. The van der Waals surface area contributed by atoms with Crippen molar-refractivity contribution in [2.24, 2.45) is 0 Å². The Bertz CT molecular complexity index is 393. The number of nitrogens with two attached hydrogens (primary N) is 1. The highest BCUT2D eigenvalue weighted by molar-refractivity contribution is 6.29. The zero-order valence-corrected chi connectivity index (χ0v) is 9.46. The summed E-state index contributed by atoms with van der Waals surface area (Å²) in [7, 11) is 0. The van der Waals surface area contributed by atoms with Gasteiger partial charge in [-0.25, -0.2) is 0 Å². The van der Waals surface area contributed by atoms with Gasteiger partial charge in [-0.15, -0.1) is 0 Å². The molecular weight excluding hydrogens is 228 g/mol. The number of carbonyl (C=O) groups excluding carboxylic acids is 1. The number of nitrogen functional groups attached to an aromatic ring is 1. The summed E-state index contributed by atoms with van der Waals surface area (Å²) in [6, 6.07) is 6.97. The Labute approximate surface area is 99.0 Å². The van der Waals surface area contributed by atoms with E-state index in [1.807, 2.05) is 0 Å². The Kier molecular flexibility index (Phi) is 4.66. The molecule has 0 aromatic heterocycles. The van der Waals surface area contributed by atoms with Crippen LogP contribution in [-0.2, 0) is 4.79 Å². The molecule has 0 aliphatic carbocycles. The predicted octanol–water partition coefficient (Wildman–Crippen LogP) is 1.52. The molecule has 1 amide bonds. The Morgan fingerprint density at radius 2 is 2.19 bits per heavy atom. The van der Waals surface area contributed by atoms with Crippen molar-refractivity contribution >= 4 is 23.2 Å². The van der Waals surface area contributed by atoms with Gasteiger partial charge in [0.05, 0.1) is 12.2 Å². The number of benzene rings is 1. The Morgan fingerprint density at radius 1 is 1.50 bits per heavy atom. The lowest BCUT2D eigenvalue weighted by molar-refractivity contribution is -0.122. The first-order chi connectivity index (χ1) is 7.59. The summed E-state index contributed by atoms with van der Waals surface area (Å²) in [4.78, 5) is 11.3. The van der Waals surface area contributed by atoms with E-state index >= 15 is 0 Å². The molecular formula is C11H13ClN2O2. The SMILES string of the molecule is C=C(Cl)CNC(=O)COc1ccccc1N. The molecule has 1 aromatic carbocycles. The molecule has 0 fully saturated rings. The van der Waals surface area contributed by atoms with E-state index in [9.17, 15) is 4.79 Å². The van der Waals surface area contributed by atoms with Crippen LogP contribution in [0.4, 0.5) is 5.69 Å². The number of amides is 1. The molecule has 5 heteroatoms. The van der Waals surface area contributed by atoms with Crippen molar-refractivity contribution in [3.05, 3.63) is 35.9 Å². The van der Waals surface area contributed by atoms with E-state index in [2.05, 4.69) is 11.9 Å². The van der Waals surface area contributed by atoms with Crippen molar-refractivity contribution in [2.45, 2.75) is 0 Å². The van der Waals surface area contributed by atoms with Gasteiger partial charge in [-0.3, -0.25) is 4.79 Å². The summed E-state index contributed by atoms with van der Waals surface area (Å²) in [5.41, 5.74) is 6.13. The quantitative estimate of drug-likeness (QED) is 0.767.